The van der Waals surface area contributed by atoms with Crippen molar-refractivity contribution in [3.63, 3.8) is 0 Å². The topological polar surface area (TPSA) is 88.2 Å². The third-order valence-corrected chi connectivity index (χ3v) is 7.80. The van der Waals surface area contributed by atoms with Gasteiger partial charge in [0.25, 0.3) is 0 Å². The van der Waals surface area contributed by atoms with E-state index in [1.54, 1.807) is 17.0 Å². The maximum Gasteiger partial charge on any atom is 0.241 e. The summed E-state index contributed by atoms with van der Waals surface area (Å²) >= 11 is 0. The summed E-state index contributed by atoms with van der Waals surface area (Å²) in [5.74, 6) is 0.0698. The molecule has 0 radical (unpaired) electrons. The van der Waals surface area contributed by atoms with Gasteiger partial charge in [0.05, 0.1) is 19.1 Å². The summed E-state index contributed by atoms with van der Waals surface area (Å²) in [6.07, 6.45) is 0.199. The van der Waals surface area contributed by atoms with Gasteiger partial charge in [-0.15, -0.1) is 0 Å². The summed E-state index contributed by atoms with van der Waals surface area (Å²) in [5.41, 5.74) is 1.71. The van der Waals surface area contributed by atoms with Crippen LogP contribution in [0.4, 0.5) is 10.1 Å². The van der Waals surface area contributed by atoms with E-state index in [0.717, 1.165) is 11.3 Å². The number of benzene rings is 3. The first kappa shape index (κ1) is 26.4. The van der Waals surface area contributed by atoms with Crippen LogP contribution in [0.5, 0.6) is 11.5 Å². The van der Waals surface area contributed by atoms with Crippen LogP contribution < -0.4 is 19.1 Å². The minimum atomic E-state index is -4.06. The van der Waals surface area contributed by atoms with Gasteiger partial charge in [0.1, 0.15) is 11.9 Å². The molecule has 3 aromatic carbocycles. The maximum atomic E-state index is 13.6. The smallest absolute Gasteiger partial charge is 0.241 e. The summed E-state index contributed by atoms with van der Waals surface area (Å²) < 4.78 is 53.0. The Labute approximate surface area is 216 Å². The van der Waals surface area contributed by atoms with Gasteiger partial charge < -0.3 is 19.3 Å². The largest absolute Gasteiger partial charge is 0.493 e. The maximum absolute atomic E-state index is 13.6. The Morgan fingerprint density at radius 2 is 1.57 bits per heavy atom. The van der Waals surface area contributed by atoms with E-state index in [4.69, 9.17) is 9.47 Å². The van der Waals surface area contributed by atoms with Gasteiger partial charge in [-0.1, -0.05) is 30.3 Å². The summed E-state index contributed by atoms with van der Waals surface area (Å²) in [4.78, 5) is 17.3. The van der Waals surface area contributed by atoms with Crippen LogP contribution >= 0.6 is 0 Å². The van der Waals surface area contributed by atoms with Crippen molar-refractivity contribution in [2.75, 3.05) is 45.3 Å². The number of rotatable bonds is 9. The number of carbonyl (C=O) groups is 1. The number of carbonyl (C=O) groups excluding carboxylic acids is 1. The number of halogens is 1. The second kappa shape index (κ2) is 11.6. The van der Waals surface area contributed by atoms with Crippen molar-refractivity contribution in [2.45, 2.75) is 17.4 Å². The highest BCUT2D eigenvalue weighted by Crippen LogP contribution is 2.29. The Morgan fingerprint density at radius 1 is 0.919 bits per heavy atom. The zero-order valence-corrected chi connectivity index (χ0v) is 21.6. The molecule has 3 aromatic rings. The molecule has 1 unspecified atom stereocenters. The molecule has 37 heavy (non-hydrogen) atoms. The SMILES string of the molecule is COc1ccc(S(=O)(=O)NC(Cc2ccccc2)C(=O)N2CCN(c3ccc(F)cc3)CC2)cc1OC. The number of nitrogens with zero attached hydrogens (tertiary/aromatic N) is 2. The number of anilines is 1. The number of nitrogens with one attached hydrogen (secondary N) is 1. The Kier molecular flexibility index (Phi) is 8.30. The van der Waals surface area contributed by atoms with Crippen molar-refractivity contribution in [1.29, 1.82) is 0 Å². The van der Waals surface area contributed by atoms with Crippen molar-refractivity contribution >= 4 is 21.6 Å². The standard InChI is InChI=1S/C27H30FN3O5S/c1-35-25-13-12-23(19-26(25)36-2)37(33,34)29-24(18-20-6-4-3-5-7-20)27(32)31-16-14-30(15-17-31)22-10-8-21(28)9-11-22/h3-13,19,24,29H,14-18H2,1-2H3. The van der Waals surface area contributed by atoms with Gasteiger partial charge in [-0.25, -0.2) is 12.8 Å². The van der Waals surface area contributed by atoms with Gasteiger partial charge in [0, 0.05) is 37.9 Å². The quantitative estimate of drug-likeness (QED) is 0.460. The number of methoxy groups -OCH3 is 2. The van der Waals surface area contributed by atoms with Crippen LogP contribution in [-0.4, -0.2) is 65.7 Å². The molecule has 1 aliphatic heterocycles. The number of hydrogen-bond donors (Lipinski definition) is 1. The van der Waals surface area contributed by atoms with Gasteiger partial charge >= 0.3 is 0 Å². The summed E-state index contributed by atoms with van der Waals surface area (Å²) in [7, 11) is -1.17. The van der Waals surface area contributed by atoms with Crippen LogP contribution in [0.15, 0.2) is 77.7 Å². The molecule has 196 valence electrons. The van der Waals surface area contributed by atoms with Crippen molar-refractivity contribution < 1.29 is 27.1 Å². The second-order valence-corrected chi connectivity index (χ2v) is 10.4. The minimum absolute atomic E-state index is 0.0304. The van der Waals surface area contributed by atoms with Gasteiger partial charge in [-0.05, 0) is 48.4 Å². The molecule has 10 heteroatoms. The van der Waals surface area contributed by atoms with Crippen molar-refractivity contribution in [3.05, 3.63) is 84.2 Å². The number of amides is 1. The van der Waals surface area contributed by atoms with E-state index in [1.807, 2.05) is 30.3 Å². The van der Waals surface area contributed by atoms with Crippen molar-refractivity contribution in [2.24, 2.45) is 0 Å². The Morgan fingerprint density at radius 3 is 2.19 bits per heavy atom. The predicted octanol–water partition coefficient (Wildman–Crippen LogP) is 3.08. The monoisotopic (exact) mass is 527 g/mol. The molecular formula is C27H30FN3O5S. The van der Waals surface area contributed by atoms with E-state index in [2.05, 4.69) is 9.62 Å². The molecule has 0 aliphatic carbocycles. The van der Waals surface area contributed by atoms with E-state index >= 15 is 0 Å². The molecule has 0 spiro atoms. The Bertz CT molecular complexity index is 1310. The van der Waals surface area contributed by atoms with E-state index in [-0.39, 0.29) is 28.8 Å². The molecule has 0 aromatic heterocycles. The van der Waals surface area contributed by atoms with E-state index in [1.165, 1.54) is 44.6 Å². The first-order chi connectivity index (χ1) is 17.8. The molecule has 0 bridgehead atoms. The highest BCUT2D eigenvalue weighted by Gasteiger charge is 2.32. The van der Waals surface area contributed by atoms with Crippen LogP contribution in [-0.2, 0) is 21.2 Å². The summed E-state index contributed by atoms with van der Waals surface area (Å²) in [5, 5.41) is 0. The molecule has 1 atom stereocenters. The highest BCUT2D eigenvalue weighted by atomic mass is 32.2. The fourth-order valence-corrected chi connectivity index (χ4v) is 5.53. The molecule has 0 saturated carbocycles. The molecule has 1 amide bonds. The number of piperazine rings is 1. The van der Waals surface area contributed by atoms with Gasteiger partial charge in [-0.2, -0.15) is 4.72 Å². The Hall–Kier alpha value is -3.63. The molecule has 1 saturated heterocycles. The summed E-state index contributed by atoms with van der Waals surface area (Å²) in [6.45, 7) is 1.94. The molecule has 4 rings (SSSR count). The predicted molar refractivity (Wildman–Crippen MR) is 139 cm³/mol. The lowest BCUT2D eigenvalue weighted by atomic mass is 10.1. The van der Waals surface area contributed by atoms with E-state index < -0.39 is 16.1 Å². The van der Waals surface area contributed by atoms with Crippen molar-refractivity contribution in [3.8, 4) is 11.5 Å². The number of hydrogen-bond acceptors (Lipinski definition) is 6. The van der Waals surface area contributed by atoms with Gasteiger partial charge in [0.2, 0.25) is 15.9 Å². The lowest BCUT2D eigenvalue weighted by Crippen LogP contribution is -2.55. The lowest BCUT2D eigenvalue weighted by Gasteiger charge is -2.37. The van der Waals surface area contributed by atoms with E-state index in [9.17, 15) is 17.6 Å². The molecule has 1 heterocycles. The van der Waals surface area contributed by atoms with Crippen LogP contribution in [0.2, 0.25) is 0 Å². The number of sulfonamides is 1. The van der Waals surface area contributed by atoms with Crippen molar-refractivity contribution in [1.82, 2.24) is 9.62 Å². The fourth-order valence-electron chi connectivity index (χ4n) is 4.33. The van der Waals surface area contributed by atoms with Crippen LogP contribution in [0, 0.1) is 5.82 Å². The fraction of sp³-hybridized carbons (Fsp3) is 0.296. The second-order valence-electron chi connectivity index (χ2n) is 8.67. The first-order valence-corrected chi connectivity index (χ1v) is 13.4. The molecule has 8 nitrogen and oxygen atoms in total. The average molecular weight is 528 g/mol. The molecule has 1 fully saturated rings. The van der Waals surface area contributed by atoms with Crippen LogP contribution in [0.1, 0.15) is 5.56 Å². The highest BCUT2D eigenvalue weighted by molar-refractivity contribution is 7.89. The lowest BCUT2D eigenvalue weighted by molar-refractivity contribution is -0.133. The average Bonchev–Trinajstić information content (AvgIpc) is 2.93. The summed E-state index contributed by atoms with van der Waals surface area (Å²) in [6, 6.07) is 18.8. The van der Waals surface area contributed by atoms with Gasteiger partial charge in [-0.3, -0.25) is 4.79 Å². The molecule has 1 aliphatic rings. The minimum Gasteiger partial charge on any atom is -0.493 e. The van der Waals surface area contributed by atoms with Crippen LogP contribution in [0.25, 0.3) is 0 Å². The third-order valence-electron chi connectivity index (χ3n) is 6.33. The Balaban J connectivity index is 1.53. The normalized spacial score (nSPS) is 14.8. The van der Waals surface area contributed by atoms with Gasteiger partial charge in [0.15, 0.2) is 11.5 Å². The molecular weight excluding hydrogens is 497 g/mol. The van der Waals surface area contributed by atoms with E-state index in [0.29, 0.717) is 31.9 Å². The zero-order chi connectivity index (χ0) is 26.4. The molecule has 1 N–H and O–H groups in total. The van der Waals surface area contributed by atoms with Crippen LogP contribution in [0.3, 0.4) is 0 Å². The third kappa shape index (κ3) is 6.39. The first-order valence-electron chi connectivity index (χ1n) is 11.9. The number of ether oxygens (including phenoxy) is 2. The zero-order valence-electron chi connectivity index (χ0n) is 20.8.